The van der Waals surface area contributed by atoms with Gasteiger partial charge in [-0.3, -0.25) is 4.79 Å². The number of hydrogen-bond donors (Lipinski definition) is 1. The second-order valence-corrected chi connectivity index (χ2v) is 8.10. The summed E-state index contributed by atoms with van der Waals surface area (Å²) in [4.78, 5) is 14.7. The van der Waals surface area contributed by atoms with Crippen molar-refractivity contribution in [3.63, 3.8) is 0 Å². The molecule has 3 rings (SSSR count). The molecule has 0 spiro atoms. The lowest BCUT2D eigenvalue weighted by Gasteiger charge is -2.33. The van der Waals surface area contributed by atoms with Crippen molar-refractivity contribution in [3.05, 3.63) is 0 Å². The molecule has 0 radical (unpaired) electrons. The van der Waals surface area contributed by atoms with E-state index in [1.54, 1.807) is 0 Å². The third-order valence-electron chi connectivity index (χ3n) is 4.78. The summed E-state index contributed by atoms with van der Waals surface area (Å²) in [7, 11) is 0. The van der Waals surface area contributed by atoms with Crippen molar-refractivity contribution >= 4 is 29.4 Å². The van der Waals surface area contributed by atoms with Crippen molar-refractivity contribution in [2.45, 2.75) is 37.0 Å². The number of amides is 1. The smallest absolute Gasteiger partial charge is 0.236 e. The Bertz CT molecular complexity index is 333. The summed E-state index contributed by atoms with van der Waals surface area (Å²) < 4.78 is 0. The van der Waals surface area contributed by atoms with Gasteiger partial charge in [-0.05, 0) is 19.3 Å². The average Bonchev–Trinajstić information content (AvgIpc) is 2.97. The number of hydrogen-bond acceptors (Lipinski definition) is 4. The molecule has 2 saturated heterocycles. The molecule has 0 aromatic rings. The van der Waals surface area contributed by atoms with Crippen LogP contribution in [0.25, 0.3) is 0 Å². The third-order valence-corrected chi connectivity index (χ3v) is 7.52. The van der Waals surface area contributed by atoms with Crippen LogP contribution in [0.1, 0.15) is 25.7 Å². The van der Waals surface area contributed by atoms with Gasteiger partial charge in [-0.2, -0.15) is 11.8 Å². The molecule has 1 saturated carbocycles. The van der Waals surface area contributed by atoms with Gasteiger partial charge in [0.1, 0.15) is 0 Å². The van der Waals surface area contributed by atoms with Crippen LogP contribution in [0, 0.1) is 5.41 Å². The number of fused-ring (bicyclic) bond motifs is 1. The van der Waals surface area contributed by atoms with Gasteiger partial charge in [-0.15, -0.1) is 11.8 Å². The number of carbonyl (C=O) groups is 1. The topological polar surface area (TPSA) is 40.5 Å². The summed E-state index contributed by atoms with van der Waals surface area (Å²) in [5, 5.41) is 9.86. The van der Waals surface area contributed by atoms with Crippen LogP contribution in [0.15, 0.2) is 0 Å². The Kier molecular flexibility index (Phi) is 3.83. The van der Waals surface area contributed by atoms with Gasteiger partial charge >= 0.3 is 0 Å². The van der Waals surface area contributed by atoms with Crippen LogP contribution in [0.4, 0.5) is 0 Å². The highest BCUT2D eigenvalue weighted by atomic mass is 32.2. The number of thioether (sulfide) groups is 2. The zero-order valence-electron chi connectivity index (χ0n) is 10.6. The Morgan fingerprint density at radius 2 is 2.28 bits per heavy atom. The molecular formula is C13H21NO2S2. The SMILES string of the molecule is O=C(C1CSCCS1)N1CC[C@@]2(CO)CCC[C@@H]12. The van der Waals surface area contributed by atoms with E-state index in [1.807, 2.05) is 23.5 Å². The van der Waals surface area contributed by atoms with Crippen molar-refractivity contribution in [1.29, 1.82) is 0 Å². The molecule has 0 aromatic carbocycles. The maximum Gasteiger partial charge on any atom is 0.236 e. The first-order chi connectivity index (χ1) is 8.77. The zero-order chi connectivity index (χ0) is 12.6. The van der Waals surface area contributed by atoms with Crippen LogP contribution in [0.5, 0.6) is 0 Å². The van der Waals surface area contributed by atoms with Crippen molar-refractivity contribution in [1.82, 2.24) is 4.90 Å². The quantitative estimate of drug-likeness (QED) is 0.837. The van der Waals surface area contributed by atoms with E-state index in [2.05, 4.69) is 4.90 Å². The van der Waals surface area contributed by atoms with E-state index in [0.29, 0.717) is 11.9 Å². The number of aliphatic hydroxyl groups is 1. The molecule has 1 aliphatic carbocycles. The van der Waals surface area contributed by atoms with E-state index in [9.17, 15) is 9.90 Å². The largest absolute Gasteiger partial charge is 0.396 e. The van der Waals surface area contributed by atoms with Gasteiger partial charge in [0.25, 0.3) is 0 Å². The lowest BCUT2D eigenvalue weighted by atomic mass is 9.83. The Morgan fingerprint density at radius 3 is 3.00 bits per heavy atom. The van der Waals surface area contributed by atoms with E-state index < -0.39 is 0 Å². The third kappa shape index (κ3) is 2.08. The van der Waals surface area contributed by atoms with E-state index in [-0.39, 0.29) is 17.3 Å². The van der Waals surface area contributed by atoms with E-state index in [0.717, 1.165) is 37.3 Å². The van der Waals surface area contributed by atoms with Crippen LogP contribution in [0.3, 0.4) is 0 Å². The fraction of sp³-hybridized carbons (Fsp3) is 0.923. The summed E-state index contributed by atoms with van der Waals surface area (Å²) >= 11 is 3.73. The molecule has 0 aromatic heterocycles. The maximum absolute atomic E-state index is 12.6. The van der Waals surface area contributed by atoms with E-state index in [4.69, 9.17) is 0 Å². The molecule has 3 fully saturated rings. The number of carbonyl (C=O) groups excluding carboxylic acids is 1. The molecule has 102 valence electrons. The van der Waals surface area contributed by atoms with E-state index in [1.165, 1.54) is 12.2 Å². The van der Waals surface area contributed by atoms with Crippen molar-refractivity contribution < 1.29 is 9.90 Å². The molecule has 1 unspecified atom stereocenters. The average molecular weight is 287 g/mol. The lowest BCUT2D eigenvalue weighted by molar-refractivity contribution is -0.131. The van der Waals surface area contributed by atoms with Gasteiger partial charge in [-0.25, -0.2) is 0 Å². The minimum Gasteiger partial charge on any atom is -0.396 e. The molecule has 0 bridgehead atoms. The van der Waals surface area contributed by atoms with Crippen molar-refractivity contribution in [2.24, 2.45) is 5.41 Å². The monoisotopic (exact) mass is 287 g/mol. The van der Waals surface area contributed by atoms with Crippen LogP contribution in [-0.2, 0) is 4.79 Å². The minimum absolute atomic E-state index is 0.0438. The number of rotatable bonds is 2. The molecule has 3 nitrogen and oxygen atoms in total. The van der Waals surface area contributed by atoms with Crippen LogP contribution < -0.4 is 0 Å². The fourth-order valence-corrected chi connectivity index (χ4v) is 6.36. The van der Waals surface area contributed by atoms with Gasteiger partial charge in [-0.1, -0.05) is 6.42 Å². The highest BCUT2D eigenvalue weighted by molar-refractivity contribution is 8.07. The maximum atomic E-state index is 12.6. The number of likely N-dealkylation sites (tertiary alicyclic amines) is 1. The molecule has 3 aliphatic rings. The lowest BCUT2D eigenvalue weighted by Crippen LogP contribution is -2.45. The molecule has 1 N–H and O–H groups in total. The van der Waals surface area contributed by atoms with Gasteiger partial charge in [0.2, 0.25) is 5.91 Å². The Morgan fingerprint density at radius 1 is 1.39 bits per heavy atom. The fourth-order valence-electron chi connectivity index (χ4n) is 3.74. The van der Waals surface area contributed by atoms with Crippen LogP contribution in [0.2, 0.25) is 0 Å². The van der Waals surface area contributed by atoms with Gasteiger partial charge in [0.15, 0.2) is 0 Å². The molecule has 18 heavy (non-hydrogen) atoms. The summed E-state index contributed by atoms with van der Waals surface area (Å²) in [5.74, 6) is 3.59. The van der Waals surface area contributed by atoms with Gasteiger partial charge < -0.3 is 10.0 Å². The first kappa shape index (κ1) is 13.1. The highest BCUT2D eigenvalue weighted by Crippen LogP contribution is 2.49. The highest BCUT2D eigenvalue weighted by Gasteiger charge is 2.52. The molecular weight excluding hydrogens is 266 g/mol. The summed E-state index contributed by atoms with van der Waals surface area (Å²) in [5.41, 5.74) is 0.0438. The predicted octanol–water partition coefficient (Wildman–Crippen LogP) is 1.60. The number of aliphatic hydroxyl groups excluding tert-OH is 1. The molecule has 3 atom stereocenters. The minimum atomic E-state index is 0.0438. The Labute approximate surface area is 117 Å². The Hall–Kier alpha value is 0.130. The van der Waals surface area contributed by atoms with Crippen LogP contribution >= 0.6 is 23.5 Å². The molecule has 5 heteroatoms. The van der Waals surface area contributed by atoms with Crippen molar-refractivity contribution in [3.8, 4) is 0 Å². The second-order valence-electron chi connectivity index (χ2n) is 5.64. The molecule has 1 amide bonds. The van der Waals surface area contributed by atoms with E-state index >= 15 is 0 Å². The van der Waals surface area contributed by atoms with Crippen molar-refractivity contribution in [2.75, 3.05) is 30.4 Å². The number of nitrogens with zero attached hydrogens (tertiary/aromatic N) is 1. The standard InChI is InChI=1S/C13H21NO2S2/c15-9-13-3-1-2-11(13)14(5-4-13)12(16)10-8-17-6-7-18-10/h10-11,15H,1-9H2/t10?,11-,13-/m1/s1. The van der Waals surface area contributed by atoms with Crippen LogP contribution in [-0.4, -0.2) is 57.6 Å². The first-order valence-electron chi connectivity index (χ1n) is 6.87. The molecule has 2 heterocycles. The predicted molar refractivity (Wildman–Crippen MR) is 77.1 cm³/mol. The van der Waals surface area contributed by atoms with Gasteiger partial charge in [0, 0.05) is 35.3 Å². The molecule has 2 aliphatic heterocycles. The second kappa shape index (κ2) is 5.25. The summed E-state index contributed by atoms with van der Waals surface area (Å²) in [6.45, 7) is 1.12. The zero-order valence-corrected chi connectivity index (χ0v) is 12.3. The van der Waals surface area contributed by atoms with Gasteiger partial charge in [0.05, 0.1) is 11.9 Å². The first-order valence-corrected chi connectivity index (χ1v) is 9.08. The summed E-state index contributed by atoms with van der Waals surface area (Å²) in [6.07, 6.45) is 4.37. The summed E-state index contributed by atoms with van der Waals surface area (Å²) in [6, 6.07) is 0.322. The normalized spacial score (nSPS) is 39.9. The Balaban J connectivity index is 1.71.